The maximum atomic E-state index is 11.1. The van der Waals surface area contributed by atoms with Gasteiger partial charge in [-0.1, -0.05) is 6.07 Å². The number of carbonyl (C=O) groups excluding carboxylic acids is 1. The Morgan fingerprint density at radius 1 is 1.26 bits per heavy atom. The first-order chi connectivity index (χ1) is 11.0. The summed E-state index contributed by atoms with van der Waals surface area (Å²) in [6, 6.07) is 4.20. The van der Waals surface area contributed by atoms with Crippen LogP contribution < -0.4 is 10.6 Å². The zero-order chi connectivity index (χ0) is 16.3. The monoisotopic (exact) mass is 318 g/mol. The average Bonchev–Trinajstić information content (AvgIpc) is 3.01. The molecule has 23 heavy (non-hydrogen) atoms. The number of pyridine rings is 1. The van der Waals surface area contributed by atoms with Crippen molar-refractivity contribution in [3.8, 4) is 0 Å². The molecule has 1 amide bonds. The van der Waals surface area contributed by atoms with E-state index in [1.54, 1.807) is 0 Å². The first kappa shape index (κ1) is 16.2. The Kier molecular flexibility index (Phi) is 4.82. The molecule has 0 aromatic carbocycles. The van der Waals surface area contributed by atoms with Crippen LogP contribution in [0.25, 0.3) is 0 Å². The van der Waals surface area contributed by atoms with Gasteiger partial charge in [-0.25, -0.2) is 4.98 Å². The third-order valence-corrected chi connectivity index (χ3v) is 4.78. The van der Waals surface area contributed by atoms with Gasteiger partial charge in [-0.15, -0.1) is 0 Å². The van der Waals surface area contributed by atoms with Crippen LogP contribution in [0.15, 0.2) is 18.3 Å². The van der Waals surface area contributed by atoms with Crippen molar-refractivity contribution < 1.29 is 9.90 Å². The fourth-order valence-corrected chi connectivity index (χ4v) is 3.71. The molecule has 0 saturated carbocycles. The molecule has 3 N–H and O–H groups in total. The summed E-state index contributed by atoms with van der Waals surface area (Å²) in [5, 5.41) is 10.5. The lowest BCUT2D eigenvalue weighted by Crippen LogP contribution is -2.49. The minimum atomic E-state index is -0.979. The van der Waals surface area contributed by atoms with E-state index in [-0.39, 0.29) is 6.42 Å². The van der Waals surface area contributed by atoms with Gasteiger partial charge < -0.3 is 15.7 Å². The number of piperidine rings is 1. The Morgan fingerprint density at radius 3 is 2.70 bits per heavy atom. The predicted octanol–water partition coefficient (Wildman–Crippen LogP) is 0.884. The molecule has 1 aromatic heterocycles. The highest BCUT2D eigenvalue weighted by molar-refractivity contribution is 5.75. The number of anilines is 1. The highest BCUT2D eigenvalue weighted by Crippen LogP contribution is 2.26. The SMILES string of the molecule is NC(=O)CC1(O)CCCN(Cc2ccc(N3CCCC3)nc2)C1. The number of likely N-dealkylation sites (tertiary alicyclic amines) is 1. The lowest BCUT2D eigenvalue weighted by molar-refractivity contribution is -0.125. The molecule has 3 rings (SSSR count). The zero-order valence-corrected chi connectivity index (χ0v) is 13.6. The molecule has 2 saturated heterocycles. The molecule has 0 spiro atoms. The molecule has 6 nitrogen and oxygen atoms in total. The van der Waals surface area contributed by atoms with Crippen LogP contribution in [-0.2, 0) is 11.3 Å². The second kappa shape index (κ2) is 6.84. The van der Waals surface area contributed by atoms with Crippen molar-refractivity contribution in [2.24, 2.45) is 5.73 Å². The number of hydrogen-bond donors (Lipinski definition) is 2. The molecule has 1 aromatic rings. The molecule has 0 bridgehead atoms. The van der Waals surface area contributed by atoms with Crippen LogP contribution in [0.5, 0.6) is 0 Å². The van der Waals surface area contributed by atoms with Crippen molar-refractivity contribution in [3.63, 3.8) is 0 Å². The quantitative estimate of drug-likeness (QED) is 0.842. The van der Waals surface area contributed by atoms with E-state index < -0.39 is 11.5 Å². The van der Waals surface area contributed by atoms with Crippen LogP contribution in [0.1, 0.15) is 37.7 Å². The van der Waals surface area contributed by atoms with Crippen LogP contribution >= 0.6 is 0 Å². The molecule has 2 aliphatic rings. The fraction of sp³-hybridized carbons (Fsp3) is 0.647. The van der Waals surface area contributed by atoms with Gasteiger partial charge in [0, 0.05) is 32.4 Å². The van der Waals surface area contributed by atoms with Gasteiger partial charge in [-0.3, -0.25) is 9.69 Å². The Bertz CT molecular complexity index is 542. The van der Waals surface area contributed by atoms with Gasteiger partial charge in [0.1, 0.15) is 5.82 Å². The summed E-state index contributed by atoms with van der Waals surface area (Å²) >= 11 is 0. The fourth-order valence-electron chi connectivity index (χ4n) is 3.71. The van der Waals surface area contributed by atoms with Crippen molar-refractivity contribution in [1.82, 2.24) is 9.88 Å². The van der Waals surface area contributed by atoms with Gasteiger partial charge in [-0.05, 0) is 43.9 Å². The van der Waals surface area contributed by atoms with Crippen molar-refractivity contribution in [1.29, 1.82) is 0 Å². The zero-order valence-electron chi connectivity index (χ0n) is 13.6. The summed E-state index contributed by atoms with van der Waals surface area (Å²) < 4.78 is 0. The van der Waals surface area contributed by atoms with Gasteiger partial charge in [0.2, 0.25) is 5.91 Å². The van der Waals surface area contributed by atoms with E-state index in [2.05, 4.69) is 26.9 Å². The average molecular weight is 318 g/mol. The summed E-state index contributed by atoms with van der Waals surface area (Å²) in [6.07, 6.45) is 5.97. The van der Waals surface area contributed by atoms with Gasteiger partial charge in [0.25, 0.3) is 0 Å². The van der Waals surface area contributed by atoms with Gasteiger partial charge >= 0.3 is 0 Å². The van der Waals surface area contributed by atoms with Gasteiger partial charge in [0.15, 0.2) is 0 Å². The van der Waals surface area contributed by atoms with Crippen LogP contribution in [0.2, 0.25) is 0 Å². The molecule has 1 unspecified atom stereocenters. The maximum absolute atomic E-state index is 11.1. The normalized spacial score (nSPS) is 25.7. The van der Waals surface area contributed by atoms with E-state index in [4.69, 9.17) is 5.73 Å². The minimum absolute atomic E-state index is 0.0373. The number of aliphatic hydroxyl groups is 1. The number of primary amides is 1. The minimum Gasteiger partial charge on any atom is -0.388 e. The molecule has 1 atom stereocenters. The number of hydrogen-bond acceptors (Lipinski definition) is 5. The molecular weight excluding hydrogens is 292 g/mol. The lowest BCUT2D eigenvalue weighted by Gasteiger charge is -2.38. The van der Waals surface area contributed by atoms with E-state index in [0.717, 1.165) is 44.0 Å². The summed E-state index contributed by atoms with van der Waals surface area (Å²) in [5.41, 5.74) is 5.41. The lowest BCUT2D eigenvalue weighted by atomic mass is 9.89. The van der Waals surface area contributed by atoms with E-state index in [1.165, 1.54) is 12.8 Å². The molecule has 3 heterocycles. The molecule has 6 heteroatoms. The smallest absolute Gasteiger partial charge is 0.220 e. The molecule has 2 aliphatic heterocycles. The van der Waals surface area contributed by atoms with Crippen molar-refractivity contribution in [2.45, 2.75) is 44.2 Å². The largest absolute Gasteiger partial charge is 0.388 e. The molecule has 0 aliphatic carbocycles. The maximum Gasteiger partial charge on any atom is 0.220 e. The summed E-state index contributed by atoms with van der Waals surface area (Å²) in [5.74, 6) is 0.612. The highest BCUT2D eigenvalue weighted by atomic mass is 16.3. The van der Waals surface area contributed by atoms with Crippen molar-refractivity contribution >= 4 is 11.7 Å². The van der Waals surface area contributed by atoms with Crippen molar-refractivity contribution in [2.75, 3.05) is 31.1 Å². The molecule has 0 radical (unpaired) electrons. The number of rotatable bonds is 5. The Hall–Kier alpha value is -1.66. The molecular formula is C17H26N4O2. The third-order valence-electron chi connectivity index (χ3n) is 4.78. The second-order valence-electron chi connectivity index (χ2n) is 6.90. The third kappa shape index (κ3) is 4.20. The Labute approximate surface area is 137 Å². The first-order valence-corrected chi connectivity index (χ1v) is 8.47. The van der Waals surface area contributed by atoms with E-state index >= 15 is 0 Å². The number of nitrogens with zero attached hydrogens (tertiary/aromatic N) is 3. The topological polar surface area (TPSA) is 82.7 Å². The van der Waals surface area contributed by atoms with E-state index in [9.17, 15) is 9.90 Å². The van der Waals surface area contributed by atoms with Crippen LogP contribution in [0.3, 0.4) is 0 Å². The summed E-state index contributed by atoms with van der Waals surface area (Å²) in [7, 11) is 0. The standard InChI is InChI=1S/C17H26N4O2/c18-15(22)10-17(23)6-3-7-20(13-17)12-14-4-5-16(19-11-14)21-8-1-2-9-21/h4-5,11,23H,1-3,6-10,12-13H2,(H2,18,22). The van der Waals surface area contributed by atoms with Gasteiger partial charge in [0.05, 0.1) is 12.0 Å². The predicted molar refractivity (Wildman–Crippen MR) is 89.0 cm³/mol. The number of carbonyl (C=O) groups is 1. The number of nitrogens with two attached hydrogens (primary N) is 1. The molecule has 126 valence electrons. The molecule has 2 fully saturated rings. The van der Waals surface area contributed by atoms with E-state index in [0.29, 0.717) is 13.0 Å². The number of β-amino-alcohol motifs (C(OH)–C–C–N with tert-alkyl or cyclic N) is 1. The number of amides is 1. The van der Waals surface area contributed by atoms with Crippen LogP contribution in [0.4, 0.5) is 5.82 Å². The summed E-state index contributed by atoms with van der Waals surface area (Å²) in [6.45, 7) is 4.35. The van der Waals surface area contributed by atoms with E-state index in [1.807, 2.05) is 6.20 Å². The van der Waals surface area contributed by atoms with Crippen LogP contribution in [0, 0.1) is 0 Å². The summed E-state index contributed by atoms with van der Waals surface area (Å²) in [4.78, 5) is 20.2. The Morgan fingerprint density at radius 2 is 2.04 bits per heavy atom. The van der Waals surface area contributed by atoms with Crippen molar-refractivity contribution in [3.05, 3.63) is 23.9 Å². The Balaban J connectivity index is 1.59. The van der Waals surface area contributed by atoms with Gasteiger partial charge in [-0.2, -0.15) is 0 Å². The first-order valence-electron chi connectivity index (χ1n) is 8.47. The second-order valence-corrected chi connectivity index (χ2v) is 6.90. The van der Waals surface area contributed by atoms with Crippen LogP contribution in [-0.4, -0.2) is 52.7 Å². The number of aromatic nitrogens is 1. The highest BCUT2D eigenvalue weighted by Gasteiger charge is 2.34.